The Morgan fingerprint density at radius 2 is 2.14 bits per heavy atom. The summed E-state index contributed by atoms with van der Waals surface area (Å²) in [6.45, 7) is 8.96. The molecule has 1 fully saturated rings. The normalized spacial score (nSPS) is 19.0. The molecule has 0 radical (unpaired) electrons. The maximum absolute atomic E-state index is 12.7. The molecule has 1 saturated heterocycles. The number of anilines is 1. The number of Topliss-reactive ketones (excluding diaryl/α,β-unsaturated/α-hetero) is 1. The molecule has 2 heterocycles. The van der Waals surface area contributed by atoms with E-state index in [1.807, 2.05) is 18.2 Å². The Labute approximate surface area is 132 Å². The Morgan fingerprint density at radius 1 is 1.36 bits per heavy atom. The van der Waals surface area contributed by atoms with Crippen LogP contribution in [0.25, 0.3) is 0 Å². The summed E-state index contributed by atoms with van der Waals surface area (Å²) in [5.74, 6) is 1.96. The third kappa shape index (κ3) is 3.27. The minimum absolute atomic E-state index is 0.169. The SMILES string of the molecule is CC(C)CN1CCOc2ccc(C(=O)C3CCNCC3)cc21. The van der Waals surface area contributed by atoms with Crippen LogP contribution in [0.5, 0.6) is 5.75 Å². The highest BCUT2D eigenvalue weighted by atomic mass is 16.5. The fourth-order valence-corrected chi connectivity index (χ4v) is 3.38. The van der Waals surface area contributed by atoms with Crippen LogP contribution in [0.3, 0.4) is 0 Å². The van der Waals surface area contributed by atoms with Crippen LogP contribution in [-0.4, -0.2) is 38.6 Å². The average Bonchev–Trinajstić information content (AvgIpc) is 2.54. The molecule has 1 aromatic carbocycles. The van der Waals surface area contributed by atoms with Crippen molar-refractivity contribution in [1.82, 2.24) is 5.32 Å². The van der Waals surface area contributed by atoms with E-state index in [1.165, 1.54) is 0 Å². The molecule has 4 heteroatoms. The molecule has 1 aromatic rings. The highest BCUT2D eigenvalue weighted by molar-refractivity contribution is 5.99. The largest absolute Gasteiger partial charge is 0.490 e. The van der Waals surface area contributed by atoms with Crippen molar-refractivity contribution in [3.63, 3.8) is 0 Å². The van der Waals surface area contributed by atoms with Crippen LogP contribution in [0.2, 0.25) is 0 Å². The van der Waals surface area contributed by atoms with Gasteiger partial charge in [0.2, 0.25) is 0 Å². The van der Waals surface area contributed by atoms with Gasteiger partial charge in [0, 0.05) is 18.0 Å². The van der Waals surface area contributed by atoms with Gasteiger partial charge < -0.3 is 15.0 Å². The Balaban J connectivity index is 1.83. The molecular weight excluding hydrogens is 276 g/mol. The lowest BCUT2D eigenvalue weighted by Crippen LogP contribution is -2.36. The van der Waals surface area contributed by atoms with Gasteiger partial charge in [-0.15, -0.1) is 0 Å². The number of fused-ring (bicyclic) bond motifs is 1. The maximum atomic E-state index is 12.7. The minimum atomic E-state index is 0.169. The van der Waals surface area contributed by atoms with Crippen LogP contribution in [0, 0.1) is 11.8 Å². The number of hydrogen-bond acceptors (Lipinski definition) is 4. The van der Waals surface area contributed by atoms with Crippen molar-refractivity contribution in [2.75, 3.05) is 37.7 Å². The second-order valence-electron chi connectivity index (χ2n) is 6.76. The summed E-state index contributed by atoms with van der Waals surface area (Å²) in [6.07, 6.45) is 1.89. The molecular formula is C18H26N2O2. The van der Waals surface area contributed by atoms with Gasteiger partial charge in [-0.1, -0.05) is 13.8 Å². The van der Waals surface area contributed by atoms with Crippen molar-refractivity contribution in [3.8, 4) is 5.75 Å². The number of rotatable bonds is 4. The number of nitrogens with one attached hydrogen (secondary N) is 1. The lowest BCUT2D eigenvalue weighted by atomic mass is 9.89. The Kier molecular flexibility index (Phi) is 4.67. The zero-order chi connectivity index (χ0) is 15.5. The van der Waals surface area contributed by atoms with E-state index in [-0.39, 0.29) is 5.92 Å². The number of ketones is 1. The molecule has 22 heavy (non-hydrogen) atoms. The molecule has 0 aliphatic carbocycles. The van der Waals surface area contributed by atoms with E-state index in [2.05, 4.69) is 24.1 Å². The zero-order valence-electron chi connectivity index (χ0n) is 13.6. The molecule has 0 spiro atoms. The van der Waals surface area contributed by atoms with Crippen LogP contribution < -0.4 is 15.0 Å². The molecule has 3 rings (SSSR count). The molecule has 2 aliphatic rings. The maximum Gasteiger partial charge on any atom is 0.166 e. The quantitative estimate of drug-likeness (QED) is 0.868. The van der Waals surface area contributed by atoms with Gasteiger partial charge >= 0.3 is 0 Å². The molecule has 0 atom stereocenters. The lowest BCUT2D eigenvalue weighted by Gasteiger charge is -2.33. The van der Waals surface area contributed by atoms with Gasteiger partial charge in [-0.05, 0) is 50.0 Å². The fourth-order valence-electron chi connectivity index (χ4n) is 3.38. The molecule has 0 saturated carbocycles. The van der Waals surface area contributed by atoms with Gasteiger partial charge in [-0.3, -0.25) is 4.79 Å². The van der Waals surface area contributed by atoms with Crippen LogP contribution in [-0.2, 0) is 0 Å². The van der Waals surface area contributed by atoms with Crippen molar-refractivity contribution in [3.05, 3.63) is 23.8 Å². The first-order chi connectivity index (χ1) is 10.6. The first-order valence-electron chi connectivity index (χ1n) is 8.42. The van der Waals surface area contributed by atoms with E-state index in [0.29, 0.717) is 11.7 Å². The highest BCUT2D eigenvalue weighted by Crippen LogP contribution is 2.34. The summed E-state index contributed by atoms with van der Waals surface area (Å²) in [4.78, 5) is 15.1. The van der Waals surface area contributed by atoms with E-state index in [4.69, 9.17) is 4.74 Å². The molecule has 0 unspecified atom stereocenters. The number of hydrogen-bond donors (Lipinski definition) is 1. The smallest absolute Gasteiger partial charge is 0.166 e. The minimum Gasteiger partial charge on any atom is -0.490 e. The van der Waals surface area contributed by atoms with Gasteiger partial charge in [0.1, 0.15) is 12.4 Å². The summed E-state index contributed by atoms with van der Waals surface area (Å²) in [5.41, 5.74) is 1.92. The predicted octanol–water partition coefficient (Wildman–Crippen LogP) is 2.72. The van der Waals surface area contributed by atoms with Gasteiger partial charge in [-0.2, -0.15) is 0 Å². The number of benzene rings is 1. The first-order valence-corrected chi connectivity index (χ1v) is 8.42. The van der Waals surface area contributed by atoms with E-state index in [0.717, 1.165) is 62.6 Å². The number of carbonyl (C=O) groups excluding carboxylic acids is 1. The number of piperidine rings is 1. The van der Waals surface area contributed by atoms with Crippen molar-refractivity contribution in [2.24, 2.45) is 11.8 Å². The first kappa shape index (κ1) is 15.3. The Hall–Kier alpha value is -1.55. The van der Waals surface area contributed by atoms with Gasteiger partial charge in [0.25, 0.3) is 0 Å². The second-order valence-corrected chi connectivity index (χ2v) is 6.76. The number of ether oxygens (including phenoxy) is 1. The van der Waals surface area contributed by atoms with E-state index in [1.54, 1.807) is 0 Å². The summed E-state index contributed by atoms with van der Waals surface area (Å²) in [5, 5.41) is 3.32. The monoisotopic (exact) mass is 302 g/mol. The molecule has 1 N–H and O–H groups in total. The van der Waals surface area contributed by atoms with Crippen LogP contribution in [0.4, 0.5) is 5.69 Å². The van der Waals surface area contributed by atoms with Crippen molar-refractivity contribution in [2.45, 2.75) is 26.7 Å². The summed E-state index contributed by atoms with van der Waals surface area (Å²) in [7, 11) is 0. The molecule has 0 aromatic heterocycles. The van der Waals surface area contributed by atoms with Crippen molar-refractivity contribution >= 4 is 11.5 Å². The summed E-state index contributed by atoms with van der Waals surface area (Å²) >= 11 is 0. The number of nitrogens with zero attached hydrogens (tertiary/aromatic N) is 1. The van der Waals surface area contributed by atoms with Gasteiger partial charge in [0.15, 0.2) is 5.78 Å². The predicted molar refractivity (Wildman–Crippen MR) is 88.9 cm³/mol. The topological polar surface area (TPSA) is 41.6 Å². The Bertz CT molecular complexity index is 536. The highest BCUT2D eigenvalue weighted by Gasteiger charge is 2.25. The van der Waals surface area contributed by atoms with Crippen LogP contribution in [0.15, 0.2) is 18.2 Å². The van der Waals surface area contributed by atoms with E-state index < -0.39 is 0 Å². The van der Waals surface area contributed by atoms with E-state index in [9.17, 15) is 4.79 Å². The molecule has 4 nitrogen and oxygen atoms in total. The second kappa shape index (κ2) is 6.69. The third-order valence-corrected chi connectivity index (χ3v) is 4.50. The molecule has 0 amide bonds. The zero-order valence-corrected chi connectivity index (χ0v) is 13.6. The van der Waals surface area contributed by atoms with Crippen molar-refractivity contribution in [1.29, 1.82) is 0 Å². The average molecular weight is 302 g/mol. The summed E-state index contributed by atoms with van der Waals surface area (Å²) < 4.78 is 5.75. The van der Waals surface area contributed by atoms with Crippen molar-refractivity contribution < 1.29 is 9.53 Å². The number of carbonyl (C=O) groups is 1. The molecule has 2 aliphatic heterocycles. The van der Waals surface area contributed by atoms with Crippen LogP contribution in [0.1, 0.15) is 37.0 Å². The van der Waals surface area contributed by atoms with Gasteiger partial charge in [0.05, 0.1) is 12.2 Å². The van der Waals surface area contributed by atoms with Gasteiger partial charge in [-0.25, -0.2) is 0 Å². The molecule has 120 valence electrons. The standard InChI is InChI=1S/C18H26N2O2/c1-13(2)12-20-9-10-22-17-4-3-15(11-16(17)20)18(21)14-5-7-19-8-6-14/h3-4,11,13-14,19H,5-10,12H2,1-2H3. The third-order valence-electron chi connectivity index (χ3n) is 4.50. The molecule has 0 bridgehead atoms. The fraction of sp³-hybridized carbons (Fsp3) is 0.611. The van der Waals surface area contributed by atoms with E-state index >= 15 is 0 Å². The lowest BCUT2D eigenvalue weighted by molar-refractivity contribution is 0.0895. The Morgan fingerprint density at radius 3 is 2.86 bits per heavy atom. The van der Waals surface area contributed by atoms with Crippen LogP contribution >= 0.6 is 0 Å². The summed E-state index contributed by atoms with van der Waals surface area (Å²) in [6, 6.07) is 5.94.